The van der Waals surface area contributed by atoms with Crippen LogP contribution in [0.3, 0.4) is 0 Å². The fraction of sp³-hybridized carbons (Fsp3) is 0.667. The van der Waals surface area contributed by atoms with Gasteiger partial charge in [-0.1, -0.05) is 24.3 Å². The van der Waals surface area contributed by atoms with E-state index in [2.05, 4.69) is 28.0 Å². The highest BCUT2D eigenvalue weighted by Crippen LogP contribution is 2.35. The average Bonchev–Trinajstić information content (AvgIpc) is 3.17. The molecule has 2 unspecified atom stereocenters. The van der Waals surface area contributed by atoms with Gasteiger partial charge in [0.25, 0.3) is 0 Å². The summed E-state index contributed by atoms with van der Waals surface area (Å²) in [5, 5.41) is 10.6. The van der Waals surface area contributed by atoms with Crippen LogP contribution in [-0.2, 0) is 6.42 Å². The molecule has 1 N–H and O–H groups in total. The van der Waals surface area contributed by atoms with E-state index in [0.717, 1.165) is 31.1 Å². The molecule has 2 atom stereocenters. The lowest BCUT2D eigenvalue weighted by molar-refractivity contribution is 0.0300. The molecule has 0 spiro atoms. The van der Waals surface area contributed by atoms with Crippen LogP contribution >= 0.6 is 0 Å². The van der Waals surface area contributed by atoms with Crippen LogP contribution in [0.15, 0.2) is 24.3 Å². The van der Waals surface area contributed by atoms with Crippen molar-refractivity contribution in [2.75, 3.05) is 26.2 Å². The zero-order chi connectivity index (χ0) is 14.2. The Balaban J connectivity index is 1.39. The maximum atomic E-state index is 10.6. The van der Waals surface area contributed by atoms with Crippen LogP contribution in [0.25, 0.3) is 0 Å². The number of rotatable bonds is 2. The molecule has 0 radical (unpaired) electrons. The molecule has 1 aromatic carbocycles. The molecule has 4 rings (SSSR count). The summed E-state index contributed by atoms with van der Waals surface area (Å²) in [6.07, 6.45) is 6.06. The predicted octanol–water partition coefficient (Wildman–Crippen LogP) is 2.20. The molecule has 1 aromatic rings. The zero-order valence-electron chi connectivity index (χ0n) is 12.7. The van der Waals surface area contributed by atoms with E-state index in [1.165, 1.54) is 44.3 Å². The first-order chi connectivity index (χ1) is 10.3. The largest absolute Gasteiger partial charge is 0.387 e. The maximum Gasteiger partial charge on any atom is 0.0951 e. The predicted molar refractivity (Wildman–Crippen MR) is 84.3 cm³/mol. The number of hydrogen-bond donors (Lipinski definition) is 1. The van der Waals surface area contributed by atoms with Gasteiger partial charge in [-0.25, -0.2) is 0 Å². The molecule has 1 aliphatic carbocycles. The van der Waals surface area contributed by atoms with Crippen LogP contribution in [0, 0.1) is 0 Å². The lowest BCUT2D eigenvalue weighted by atomic mass is 10.00. The van der Waals surface area contributed by atoms with Crippen molar-refractivity contribution in [3.8, 4) is 0 Å². The molecule has 2 aliphatic heterocycles. The Hall–Kier alpha value is -0.900. The highest BCUT2D eigenvalue weighted by Gasteiger charge is 2.37. The molecule has 0 aromatic heterocycles. The lowest BCUT2D eigenvalue weighted by Gasteiger charge is -2.40. The average molecular weight is 286 g/mol. The third-order valence-electron chi connectivity index (χ3n) is 5.79. The van der Waals surface area contributed by atoms with E-state index in [9.17, 15) is 5.11 Å². The maximum absolute atomic E-state index is 10.6. The fourth-order valence-electron chi connectivity index (χ4n) is 4.57. The van der Waals surface area contributed by atoms with Gasteiger partial charge >= 0.3 is 0 Å². The summed E-state index contributed by atoms with van der Waals surface area (Å²) < 4.78 is 0. The normalized spacial score (nSPS) is 31.7. The minimum atomic E-state index is -0.287. The number of aliphatic hydroxyl groups excluding tert-OH is 1. The Morgan fingerprint density at radius 3 is 2.33 bits per heavy atom. The molecule has 2 saturated heterocycles. The second-order valence-electron chi connectivity index (χ2n) is 6.93. The number of piperidine rings is 1. The van der Waals surface area contributed by atoms with Crippen LogP contribution in [0.5, 0.6) is 0 Å². The first-order valence-corrected chi connectivity index (χ1v) is 8.57. The second-order valence-corrected chi connectivity index (χ2v) is 6.93. The number of likely N-dealkylation sites (tertiary alicyclic amines) is 2. The standard InChI is InChI=1S/C18H26N2O/c21-18-16-6-2-1-5-14(16)13-17(18)20-11-7-15(8-12-20)19-9-3-4-10-19/h1-2,5-6,15,17-18,21H,3-4,7-13H2. The van der Waals surface area contributed by atoms with Gasteiger partial charge in [0, 0.05) is 25.2 Å². The zero-order valence-corrected chi connectivity index (χ0v) is 12.7. The highest BCUT2D eigenvalue weighted by atomic mass is 16.3. The number of benzene rings is 1. The number of nitrogens with zero attached hydrogens (tertiary/aromatic N) is 2. The van der Waals surface area contributed by atoms with E-state index >= 15 is 0 Å². The Morgan fingerprint density at radius 1 is 0.905 bits per heavy atom. The number of fused-ring (bicyclic) bond motifs is 1. The van der Waals surface area contributed by atoms with Crippen molar-refractivity contribution < 1.29 is 5.11 Å². The summed E-state index contributed by atoms with van der Waals surface area (Å²) in [6, 6.07) is 9.51. The molecule has 0 saturated carbocycles. The van der Waals surface area contributed by atoms with Crippen LogP contribution in [0.4, 0.5) is 0 Å². The summed E-state index contributed by atoms with van der Waals surface area (Å²) >= 11 is 0. The minimum absolute atomic E-state index is 0.287. The van der Waals surface area contributed by atoms with E-state index in [1.807, 2.05) is 6.07 Å². The van der Waals surface area contributed by atoms with Gasteiger partial charge in [-0.3, -0.25) is 4.90 Å². The molecule has 21 heavy (non-hydrogen) atoms. The Morgan fingerprint density at radius 2 is 1.62 bits per heavy atom. The van der Waals surface area contributed by atoms with Gasteiger partial charge in [-0.05, 0) is 56.3 Å². The van der Waals surface area contributed by atoms with Gasteiger partial charge in [0.2, 0.25) is 0 Å². The molecule has 0 amide bonds. The topological polar surface area (TPSA) is 26.7 Å². The van der Waals surface area contributed by atoms with Crippen molar-refractivity contribution in [2.24, 2.45) is 0 Å². The second kappa shape index (κ2) is 5.71. The SMILES string of the molecule is OC1c2ccccc2CC1N1CCC(N2CCCC2)CC1. The van der Waals surface area contributed by atoms with E-state index in [4.69, 9.17) is 0 Å². The summed E-state index contributed by atoms with van der Waals surface area (Å²) in [5.41, 5.74) is 2.50. The summed E-state index contributed by atoms with van der Waals surface area (Å²) in [5.74, 6) is 0. The molecular weight excluding hydrogens is 260 g/mol. The molecule has 3 nitrogen and oxygen atoms in total. The van der Waals surface area contributed by atoms with Crippen molar-refractivity contribution in [1.29, 1.82) is 0 Å². The van der Waals surface area contributed by atoms with Gasteiger partial charge in [0.05, 0.1) is 6.10 Å². The highest BCUT2D eigenvalue weighted by molar-refractivity contribution is 5.35. The number of hydrogen-bond acceptors (Lipinski definition) is 3. The summed E-state index contributed by atoms with van der Waals surface area (Å²) in [6.45, 7) is 4.91. The van der Waals surface area contributed by atoms with Gasteiger partial charge in [-0.15, -0.1) is 0 Å². The van der Waals surface area contributed by atoms with E-state index < -0.39 is 0 Å². The smallest absolute Gasteiger partial charge is 0.0951 e. The van der Waals surface area contributed by atoms with Crippen LogP contribution in [-0.4, -0.2) is 53.2 Å². The monoisotopic (exact) mass is 286 g/mol. The molecule has 3 aliphatic rings. The van der Waals surface area contributed by atoms with Crippen molar-refractivity contribution in [3.05, 3.63) is 35.4 Å². The Bertz CT molecular complexity index is 490. The molecule has 114 valence electrons. The summed E-state index contributed by atoms with van der Waals surface area (Å²) in [4.78, 5) is 5.23. The third kappa shape index (κ3) is 2.52. The van der Waals surface area contributed by atoms with Crippen LogP contribution < -0.4 is 0 Å². The van der Waals surface area contributed by atoms with Crippen molar-refractivity contribution >= 4 is 0 Å². The van der Waals surface area contributed by atoms with Gasteiger partial charge in [0.1, 0.15) is 0 Å². The van der Waals surface area contributed by atoms with Gasteiger partial charge < -0.3 is 10.0 Å². The minimum Gasteiger partial charge on any atom is -0.387 e. The quantitative estimate of drug-likeness (QED) is 0.903. The molecule has 2 fully saturated rings. The molecule has 3 heteroatoms. The van der Waals surface area contributed by atoms with E-state index in [0.29, 0.717) is 6.04 Å². The van der Waals surface area contributed by atoms with Crippen molar-refractivity contribution in [3.63, 3.8) is 0 Å². The van der Waals surface area contributed by atoms with Gasteiger partial charge in [-0.2, -0.15) is 0 Å². The van der Waals surface area contributed by atoms with E-state index in [1.54, 1.807) is 0 Å². The lowest BCUT2D eigenvalue weighted by Crippen LogP contribution is -2.48. The van der Waals surface area contributed by atoms with Crippen molar-refractivity contribution in [2.45, 2.75) is 50.3 Å². The molecular formula is C18H26N2O. The first-order valence-electron chi connectivity index (χ1n) is 8.57. The molecule has 0 bridgehead atoms. The van der Waals surface area contributed by atoms with Crippen LogP contribution in [0.2, 0.25) is 0 Å². The third-order valence-corrected chi connectivity index (χ3v) is 5.79. The van der Waals surface area contributed by atoms with E-state index in [-0.39, 0.29) is 6.10 Å². The Kier molecular flexibility index (Phi) is 3.74. The van der Waals surface area contributed by atoms with Gasteiger partial charge in [0.15, 0.2) is 0 Å². The molecule has 2 heterocycles. The van der Waals surface area contributed by atoms with Crippen LogP contribution in [0.1, 0.15) is 42.9 Å². The number of aliphatic hydroxyl groups is 1. The summed E-state index contributed by atoms with van der Waals surface area (Å²) in [7, 11) is 0. The Labute approximate surface area is 127 Å². The van der Waals surface area contributed by atoms with Crippen molar-refractivity contribution in [1.82, 2.24) is 9.80 Å². The fourth-order valence-corrected chi connectivity index (χ4v) is 4.57. The first kappa shape index (κ1) is 13.7.